The van der Waals surface area contributed by atoms with Crippen molar-refractivity contribution >= 4 is 45.1 Å². The molecule has 0 aliphatic rings. The summed E-state index contributed by atoms with van der Waals surface area (Å²) in [5, 5.41) is 33.0. The molecule has 162 valence electrons. The molecule has 2 N–H and O–H groups in total. The van der Waals surface area contributed by atoms with Crippen molar-refractivity contribution < 1.29 is 19.6 Å². The number of para-hydroxylation sites is 2. The predicted molar refractivity (Wildman–Crippen MR) is 121 cm³/mol. The van der Waals surface area contributed by atoms with Crippen molar-refractivity contribution in [2.45, 2.75) is 0 Å². The van der Waals surface area contributed by atoms with E-state index in [4.69, 9.17) is 4.74 Å². The molecule has 0 aromatic heterocycles. The molecule has 0 unspecified atom stereocenters. The number of aromatic hydroxyl groups is 1. The van der Waals surface area contributed by atoms with Crippen LogP contribution in [0.3, 0.4) is 0 Å². The van der Waals surface area contributed by atoms with Crippen molar-refractivity contribution in [3.05, 3.63) is 86.9 Å². The largest absolute Gasteiger partial charge is 0.507 e. The maximum atomic E-state index is 11.9. The number of amides is 1. The van der Waals surface area contributed by atoms with Gasteiger partial charge in [-0.25, -0.2) is 5.43 Å². The number of ether oxygens (including phenoxy) is 1. The van der Waals surface area contributed by atoms with E-state index in [9.17, 15) is 20.0 Å². The molecule has 0 bridgehead atoms. The van der Waals surface area contributed by atoms with Crippen LogP contribution in [0.15, 0.2) is 86.5 Å². The summed E-state index contributed by atoms with van der Waals surface area (Å²) in [5.41, 5.74) is 3.39. The number of phenols is 1. The lowest BCUT2D eigenvalue weighted by Crippen LogP contribution is -2.24. The van der Waals surface area contributed by atoms with Gasteiger partial charge in [0.2, 0.25) is 0 Å². The maximum Gasteiger partial charge on any atom is 0.310 e. The molecule has 3 rings (SSSR count). The van der Waals surface area contributed by atoms with Crippen LogP contribution in [0.2, 0.25) is 0 Å². The molecule has 1 amide bonds. The molecule has 0 aliphatic heterocycles. The van der Waals surface area contributed by atoms with Gasteiger partial charge in [-0.15, -0.1) is 0 Å². The Hall–Kier alpha value is -4.12. The Morgan fingerprint density at radius 3 is 2.59 bits per heavy atom. The Morgan fingerprint density at radius 2 is 1.84 bits per heavy atom. The number of hydrogen-bond donors (Lipinski definition) is 2. The minimum atomic E-state index is -0.635. The highest BCUT2D eigenvalue weighted by Gasteiger charge is 2.14. The zero-order valence-corrected chi connectivity index (χ0v) is 18.0. The number of phenolic OH excluding ortho intramolecular Hbond substituents is 1. The van der Waals surface area contributed by atoms with Crippen molar-refractivity contribution in [1.82, 2.24) is 5.43 Å². The number of nitrogens with one attached hydrogen (secondary N) is 1. The molecule has 32 heavy (non-hydrogen) atoms. The van der Waals surface area contributed by atoms with Crippen molar-refractivity contribution in [1.29, 1.82) is 0 Å². The average Bonchev–Trinajstić information content (AvgIpc) is 2.78. The first-order valence-corrected chi connectivity index (χ1v) is 9.90. The third-order valence-corrected chi connectivity index (χ3v) is 4.41. The molecule has 11 heteroatoms. The summed E-state index contributed by atoms with van der Waals surface area (Å²) in [5.74, 6) is -0.734. The minimum Gasteiger partial charge on any atom is -0.507 e. The number of nitro groups is 1. The fraction of sp³-hybridized carbons (Fsp3) is 0.0476. The molecule has 0 atom stereocenters. The highest BCUT2D eigenvalue weighted by Crippen LogP contribution is 2.26. The zero-order valence-electron chi connectivity index (χ0n) is 16.4. The van der Waals surface area contributed by atoms with Crippen molar-refractivity contribution in [2.24, 2.45) is 15.3 Å². The topological polar surface area (TPSA) is 139 Å². The lowest BCUT2D eigenvalue weighted by molar-refractivity contribution is -0.385. The third-order valence-electron chi connectivity index (χ3n) is 3.91. The maximum absolute atomic E-state index is 11.9. The van der Waals surface area contributed by atoms with Crippen molar-refractivity contribution in [3.8, 4) is 11.5 Å². The first-order chi connectivity index (χ1) is 15.4. The number of nitro benzene ring substituents is 1. The van der Waals surface area contributed by atoms with Gasteiger partial charge in [-0.3, -0.25) is 14.9 Å². The van der Waals surface area contributed by atoms with Gasteiger partial charge >= 0.3 is 5.69 Å². The van der Waals surface area contributed by atoms with E-state index in [1.807, 2.05) is 12.1 Å². The molecule has 0 spiro atoms. The lowest BCUT2D eigenvalue weighted by Gasteiger charge is -2.05. The van der Waals surface area contributed by atoms with Crippen LogP contribution in [0, 0.1) is 10.1 Å². The van der Waals surface area contributed by atoms with Gasteiger partial charge < -0.3 is 9.84 Å². The second kappa shape index (κ2) is 10.8. The molecule has 0 fully saturated rings. The van der Waals surface area contributed by atoms with Gasteiger partial charge in [0.15, 0.2) is 12.4 Å². The standard InChI is InChI=1S/C21H16BrN5O5/c22-15-4-3-5-16(11-15)24-25-17-8-9-19(28)14(10-17)12-23-26-21(29)13-32-20-7-2-1-6-18(20)27(30)31/h1-12,28H,13H2,(H,26,29)/b23-12-,25-24?. The van der Waals surface area contributed by atoms with Crippen LogP contribution in [0.25, 0.3) is 0 Å². The van der Waals surface area contributed by atoms with Crippen LogP contribution in [-0.2, 0) is 4.79 Å². The summed E-state index contributed by atoms with van der Waals surface area (Å²) < 4.78 is 6.05. The first kappa shape index (κ1) is 22.6. The van der Waals surface area contributed by atoms with E-state index in [1.165, 1.54) is 36.5 Å². The molecule has 3 aromatic rings. The van der Waals surface area contributed by atoms with Crippen LogP contribution >= 0.6 is 15.9 Å². The molecule has 10 nitrogen and oxygen atoms in total. The number of halogens is 1. The number of hydrogen-bond acceptors (Lipinski definition) is 8. The molecule has 0 saturated carbocycles. The number of benzene rings is 3. The molecule has 0 radical (unpaired) electrons. The summed E-state index contributed by atoms with van der Waals surface area (Å²) in [6, 6.07) is 17.5. The van der Waals surface area contributed by atoms with Crippen LogP contribution in [0.1, 0.15) is 5.56 Å². The molecular formula is C21H16BrN5O5. The smallest absolute Gasteiger partial charge is 0.310 e. The van der Waals surface area contributed by atoms with Gasteiger partial charge in [0.1, 0.15) is 5.75 Å². The van der Waals surface area contributed by atoms with Crippen LogP contribution in [-0.4, -0.2) is 28.8 Å². The second-order valence-electron chi connectivity index (χ2n) is 6.23. The normalized spacial score (nSPS) is 11.0. The number of nitrogens with zero attached hydrogens (tertiary/aromatic N) is 4. The Labute approximate surface area is 190 Å². The van der Waals surface area contributed by atoms with Gasteiger partial charge in [0.05, 0.1) is 22.5 Å². The minimum absolute atomic E-state index is 0.0298. The monoisotopic (exact) mass is 497 g/mol. The van der Waals surface area contributed by atoms with Gasteiger partial charge in [-0.1, -0.05) is 34.1 Å². The summed E-state index contributed by atoms with van der Waals surface area (Å²) in [7, 11) is 0. The predicted octanol–water partition coefficient (Wildman–Crippen LogP) is 5.01. The Kier molecular flexibility index (Phi) is 7.60. The van der Waals surface area contributed by atoms with Crippen molar-refractivity contribution in [2.75, 3.05) is 6.61 Å². The van der Waals surface area contributed by atoms with E-state index in [0.717, 1.165) is 4.47 Å². The molecule has 0 aliphatic carbocycles. The quantitative estimate of drug-likeness (QED) is 0.195. The van der Waals surface area contributed by atoms with Gasteiger partial charge in [0.25, 0.3) is 5.91 Å². The summed E-state index contributed by atoms with van der Waals surface area (Å²) in [6.45, 7) is -0.477. The van der Waals surface area contributed by atoms with E-state index >= 15 is 0 Å². The molecule has 3 aromatic carbocycles. The highest BCUT2D eigenvalue weighted by atomic mass is 79.9. The molecular weight excluding hydrogens is 482 g/mol. The number of rotatable bonds is 8. The van der Waals surface area contributed by atoms with E-state index in [1.54, 1.807) is 24.3 Å². The van der Waals surface area contributed by atoms with E-state index in [0.29, 0.717) is 16.9 Å². The molecule has 0 heterocycles. The van der Waals surface area contributed by atoms with Gasteiger partial charge in [-0.2, -0.15) is 15.3 Å². The Balaban J connectivity index is 1.59. The fourth-order valence-electron chi connectivity index (χ4n) is 2.44. The van der Waals surface area contributed by atoms with E-state index in [-0.39, 0.29) is 17.2 Å². The summed E-state index contributed by atoms with van der Waals surface area (Å²) in [6.07, 6.45) is 1.23. The fourth-order valence-corrected chi connectivity index (χ4v) is 2.83. The zero-order chi connectivity index (χ0) is 22.9. The third kappa shape index (κ3) is 6.44. The number of hydrazone groups is 1. The summed E-state index contributed by atoms with van der Waals surface area (Å²) in [4.78, 5) is 22.3. The van der Waals surface area contributed by atoms with Gasteiger partial charge in [-0.05, 0) is 42.5 Å². The van der Waals surface area contributed by atoms with E-state index < -0.39 is 17.4 Å². The second-order valence-corrected chi connectivity index (χ2v) is 7.15. The van der Waals surface area contributed by atoms with Crippen molar-refractivity contribution in [3.63, 3.8) is 0 Å². The highest BCUT2D eigenvalue weighted by molar-refractivity contribution is 9.10. The van der Waals surface area contributed by atoms with E-state index in [2.05, 4.69) is 36.7 Å². The van der Waals surface area contributed by atoms with Crippen LogP contribution in [0.5, 0.6) is 11.5 Å². The number of azo groups is 1. The van der Waals surface area contributed by atoms with Gasteiger partial charge in [0, 0.05) is 16.1 Å². The Bertz CT molecular complexity index is 1200. The van der Waals surface area contributed by atoms with Crippen LogP contribution < -0.4 is 10.2 Å². The first-order valence-electron chi connectivity index (χ1n) is 9.11. The summed E-state index contributed by atoms with van der Waals surface area (Å²) >= 11 is 3.36. The SMILES string of the molecule is O=C(COc1ccccc1[N+](=O)[O-])N/N=C\c1cc(N=Nc2cccc(Br)c2)ccc1O. The van der Waals surface area contributed by atoms with Crippen LogP contribution in [0.4, 0.5) is 17.1 Å². The Morgan fingerprint density at radius 1 is 1.09 bits per heavy atom. The molecule has 0 saturated heterocycles. The lowest BCUT2D eigenvalue weighted by atomic mass is 10.2. The number of carbonyl (C=O) groups is 1. The number of carbonyl (C=O) groups excluding carboxylic acids is 1. The average molecular weight is 498 g/mol.